The molecule has 4 aliphatic rings. The van der Waals surface area contributed by atoms with Gasteiger partial charge >= 0.3 is 0 Å². The summed E-state index contributed by atoms with van der Waals surface area (Å²) in [5.41, 5.74) is 4.88. The van der Waals surface area contributed by atoms with Crippen LogP contribution in [0.5, 0.6) is 5.75 Å². The Kier molecular flexibility index (Phi) is 1.89. The second kappa shape index (κ2) is 3.53. The summed E-state index contributed by atoms with van der Waals surface area (Å²) in [6.45, 7) is 1.13. The zero-order chi connectivity index (χ0) is 13.6. The van der Waals surface area contributed by atoms with Gasteiger partial charge in [-0.2, -0.15) is 0 Å². The maximum Gasteiger partial charge on any atom is 0.143 e. The van der Waals surface area contributed by atoms with Crippen LogP contribution in [0.1, 0.15) is 34.1 Å². The molecule has 4 unspecified atom stereocenters. The molecule has 1 spiro atoms. The summed E-state index contributed by atoms with van der Waals surface area (Å²) in [7, 11) is 0. The van der Waals surface area contributed by atoms with Gasteiger partial charge in [-0.1, -0.05) is 12.1 Å². The van der Waals surface area contributed by atoms with Crippen LogP contribution in [0.25, 0.3) is 0 Å². The van der Waals surface area contributed by atoms with Gasteiger partial charge in [0.15, 0.2) is 0 Å². The zero-order valence-electron chi connectivity index (χ0n) is 11.8. The highest BCUT2D eigenvalue weighted by Crippen LogP contribution is 2.65. The van der Waals surface area contributed by atoms with Gasteiger partial charge in [0, 0.05) is 21.9 Å². The number of thiophene rings is 1. The van der Waals surface area contributed by atoms with E-state index in [1.54, 1.807) is 5.56 Å². The molecule has 2 aliphatic heterocycles. The summed E-state index contributed by atoms with van der Waals surface area (Å²) >= 11 is 1.90. The van der Waals surface area contributed by atoms with Crippen molar-refractivity contribution in [2.24, 2.45) is 5.92 Å². The van der Waals surface area contributed by atoms with Gasteiger partial charge in [-0.05, 0) is 60.4 Å². The Morgan fingerprint density at radius 1 is 1.19 bits per heavy atom. The van der Waals surface area contributed by atoms with E-state index in [0.717, 1.165) is 6.54 Å². The highest BCUT2D eigenvalue weighted by Gasteiger charge is 2.63. The fourth-order valence-corrected chi connectivity index (χ4v) is 6.63. The average Bonchev–Trinajstić information content (AvgIpc) is 3.06. The molecule has 2 aromatic rings. The predicted molar refractivity (Wildman–Crippen MR) is 83.1 cm³/mol. The molecule has 1 saturated heterocycles. The molecule has 4 atom stereocenters. The Bertz CT molecular complexity index is 766. The third-order valence-corrected chi connectivity index (χ3v) is 7.28. The molecule has 2 bridgehead atoms. The van der Waals surface area contributed by atoms with E-state index in [0.29, 0.717) is 12.0 Å². The molecule has 1 N–H and O–H groups in total. The molecule has 6 rings (SSSR count). The molecule has 21 heavy (non-hydrogen) atoms. The van der Waals surface area contributed by atoms with Crippen LogP contribution in [-0.4, -0.2) is 12.6 Å². The topological polar surface area (TPSA) is 21.3 Å². The van der Waals surface area contributed by atoms with E-state index >= 15 is 0 Å². The molecular weight excluding hydrogens is 278 g/mol. The first-order valence-corrected chi connectivity index (χ1v) is 8.84. The van der Waals surface area contributed by atoms with Crippen LogP contribution in [0.4, 0.5) is 0 Å². The Hall–Kier alpha value is -1.32. The minimum absolute atomic E-state index is 0.248. The van der Waals surface area contributed by atoms with Crippen molar-refractivity contribution in [1.29, 1.82) is 0 Å². The van der Waals surface area contributed by atoms with Crippen molar-refractivity contribution in [3.63, 3.8) is 0 Å². The number of nitrogens with one attached hydrogen (secondary N) is 1. The molecule has 2 aliphatic carbocycles. The monoisotopic (exact) mass is 295 g/mol. The summed E-state index contributed by atoms with van der Waals surface area (Å²) in [6.07, 6.45) is 3.89. The molecular formula is C18H17NOS. The van der Waals surface area contributed by atoms with Gasteiger partial charge in [0.05, 0.1) is 0 Å². The highest BCUT2D eigenvalue weighted by atomic mass is 32.1. The lowest BCUT2D eigenvalue weighted by Crippen LogP contribution is -2.61. The first-order chi connectivity index (χ1) is 10.4. The maximum absolute atomic E-state index is 6.55. The first kappa shape index (κ1) is 11.3. The Morgan fingerprint density at radius 2 is 2.19 bits per heavy atom. The summed E-state index contributed by atoms with van der Waals surface area (Å²) in [4.78, 5) is 1.50. The summed E-state index contributed by atoms with van der Waals surface area (Å²) in [5, 5.41) is 6.05. The molecule has 106 valence electrons. The largest absolute Gasteiger partial charge is 0.484 e. The summed E-state index contributed by atoms with van der Waals surface area (Å²) in [5.74, 6) is 1.87. The van der Waals surface area contributed by atoms with E-state index in [1.807, 2.05) is 11.3 Å². The minimum atomic E-state index is 0.248. The van der Waals surface area contributed by atoms with Crippen LogP contribution in [0.2, 0.25) is 0 Å². The van der Waals surface area contributed by atoms with E-state index in [4.69, 9.17) is 4.74 Å². The van der Waals surface area contributed by atoms with E-state index < -0.39 is 0 Å². The fourth-order valence-electron chi connectivity index (χ4n) is 5.57. The quantitative estimate of drug-likeness (QED) is 0.806. The number of hydrogen-bond acceptors (Lipinski definition) is 3. The van der Waals surface area contributed by atoms with Gasteiger partial charge in [-0.25, -0.2) is 0 Å². The van der Waals surface area contributed by atoms with Crippen molar-refractivity contribution < 1.29 is 4.74 Å². The normalized spacial score (nSPS) is 37.6. The van der Waals surface area contributed by atoms with Crippen molar-refractivity contribution in [1.82, 2.24) is 5.32 Å². The average molecular weight is 295 g/mol. The fraction of sp³-hybridized carbons (Fsp3) is 0.444. The first-order valence-electron chi connectivity index (χ1n) is 7.96. The minimum Gasteiger partial charge on any atom is -0.484 e. The van der Waals surface area contributed by atoms with Crippen LogP contribution in [-0.2, 0) is 18.3 Å². The van der Waals surface area contributed by atoms with Gasteiger partial charge in [0.2, 0.25) is 0 Å². The van der Waals surface area contributed by atoms with Crippen LogP contribution in [0.15, 0.2) is 29.6 Å². The van der Waals surface area contributed by atoms with Gasteiger partial charge < -0.3 is 10.1 Å². The standard InChI is InChI=1S/C18H17NOS/c1-2-10-9-13-12-8-11-4-7-21-16(11)17-18(12,5-6-19-13)15(10)14(3-1)20-17/h1-4,7,12-13,17,19H,5-6,8-9H2. The van der Waals surface area contributed by atoms with E-state index in [-0.39, 0.29) is 11.5 Å². The third kappa shape index (κ3) is 1.13. The molecule has 3 heterocycles. The number of fused-ring (bicyclic) bond motifs is 2. The number of hydrogen-bond donors (Lipinski definition) is 1. The van der Waals surface area contributed by atoms with E-state index in [9.17, 15) is 0 Å². The van der Waals surface area contributed by atoms with Gasteiger partial charge in [-0.15, -0.1) is 11.3 Å². The second-order valence-corrected chi connectivity index (χ2v) is 7.91. The van der Waals surface area contributed by atoms with Crippen LogP contribution in [0.3, 0.4) is 0 Å². The van der Waals surface area contributed by atoms with Crippen LogP contribution >= 0.6 is 11.3 Å². The Balaban J connectivity index is 1.72. The molecule has 2 nitrogen and oxygen atoms in total. The summed E-state index contributed by atoms with van der Waals surface area (Å²) in [6, 6.07) is 9.64. The molecule has 1 fully saturated rings. The van der Waals surface area contributed by atoms with Gasteiger partial charge in [0.25, 0.3) is 0 Å². The van der Waals surface area contributed by atoms with Crippen LogP contribution < -0.4 is 10.1 Å². The van der Waals surface area contributed by atoms with Crippen molar-refractivity contribution in [3.8, 4) is 5.75 Å². The number of piperidine rings is 1. The zero-order valence-corrected chi connectivity index (χ0v) is 12.6. The molecule has 1 aromatic heterocycles. The van der Waals surface area contributed by atoms with Crippen molar-refractivity contribution in [3.05, 3.63) is 51.2 Å². The molecule has 1 aromatic carbocycles. The lowest BCUT2D eigenvalue weighted by Gasteiger charge is -2.54. The lowest BCUT2D eigenvalue weighted by molar-refractivity contribution is 0.0309. The molecule has 3 heteroatoms. The number of benzene rings is 1. The SMILES string of the molecule is c1cc2c3c(c1)OC1c4sccc4CC4C(C2)NCCC314. The Labute approximate surface area is 128 Å². The van der Waals surface area contributed by atoms with Gasteiger partial charge in [0.1, 0.15) is 11.9 Å². The van der Waals surface area contributed by atoms with E-state index in [2.05, 4.69) is 35.0 Å². The third-order valence-electron chi connectivity index (χ3n) is 6.28. The molecule has 0 saturated carbocycles. The Morgan fingerprint density at radius 3 is 3.19 bits per heavy atom. The van der Waals surface area contributed by atoms with Gasteiger partial charge in [-0.3, -0.25) is 0 Å². The second-order valence-electron chi connectivity index (χ2n) is 6.96. The lowest BCUT2D eigenvalue weighted by atomic mass is 9.52. The van der Waals surface area contributed by atoms with Crippen molar-refractivity contribution in [2.75, 3.05) is 6.54 Å². The van der Waals surface area contributed by atoms with Crippen molar-refractivity contribution >= 4 is 11.3 Å². The van der Waals surface area contributed by atoms with E-state index in [1.165, 1.54) is 41.0 Å². The highest BCUT2D eigenvalue weighted by molar-refractivity contribution is 7.10. The smallest absolute Gasteiger partial charge is 0.143 e. The van der Waals surface area contributed by atoms with Crippen LogP contribution in [0, 0.1) is 5.92 Å². The maximum atomic E-state index is 6.55. The molecule has 0 amide bonds. The predicted octanol–water partition coefficient (Wildman–Crippen LogP) is 3.21. The molecule has 0 radical (unpaired) electrons. The number of rotatable bonds is 0. The summed E-state index contributed by atoms with van der Waals surface area (Å²) < 4.78 is 6.55. The number of ether oxygens (including phenoxy) is 1. The van der Waals surface area contributed by atoms with Crippen molar-refractivity contribution in [2.45, 2.75) is 36.8 Å².